The number of likely N-dealkylation sites (N-methyl/N-ethyl adjacent to an activating group) is 1. The number of amides is 1. The van der Waals surface area contributed by atoms with Crippen LogP contribution in [0.1, 0.15) is 25.6 Å². The van der Waals surface area contributed by atoms with E-state index >= 15 is 0 Å². The Balaban J connectivity index is 2.63. The number of nitrogens with zero attached hydrogens (tertiary/aromatic N) is 2. The lowest BCUT2D eigenvalue weighted by Gasteiger charge is -2.25. The first-order valence-electron chi connectivity index (χ1n) is 7.92. The molecule has 1 rings (SSSR count). The topological polar surface area (TPSA) is 56.7 Å². The number of alkyl halides is 3. The molecule has 5 nitrogen and oxygen atoms in total. The minimum absolute atomic E-state index is 0.137. The normalized spacial score (nSPS) is 12.8. The van der Waals surface area contributed by atoms with Gasteiger partial charge in [0.2, 0.25) is 5.91 Å². The van der Waals surface area contributed by atoms with Crippen LogP contribution >= 0.6 is 11.3 Å². The SMILES string of the molecule is CCNC(=NCC(=O)N(C)CC(F)(F)F)NCC(C)(C)c1cccs1. The number of aliphatic imine (C=N–C) groups is 1. The van der Waals surface area contributed by atoms with Crippen molar-refractivity contribution in [3.05, 3.63) is 22.4 Å². The minimum Gasteiger partial charge on any atom is -0.357 e. The lowest BCUT2D eigenvalue weighted by molar-refractivity contribution is -0.157. The fraction of sp³-hybridized carbons (Fsp3) is 0.625. The van der Waals surface area contributed by atoms with Crippen LogP contribution in [0.15, 0.2) is 22.5 Å². The molecule has 1 aromatic rings. The zero-order valence-corrected chi connectivity index (χ0v) is 15.7. The predicted octanol–water partition coefficient (Wildman–Crippen LogP) is 2.60. The van der Waals surface area contributed by atoms with Crippen molar-refractivity contribution in [1.82, 2.24) is 15.5 Å². The van der Waals surface area contributed by atoms with Crippen LogP contribution < -0.4 is 10.6 Å². The highest BCUT2D eigenvalue weighted by Gasteiger charge is 2.31. The third kappa shape index (κ3) is 7.76. The molecule has 25 heavy (non-hydrogen) atoms. The van der Waals surface area contributed by atoms with Crippen LogP contribution in [0.25, 0.3) is 0 Å². The summed E-state index contributed by atoms with van der Waals surface area (Å²) < 4.78 is 37.0. The van der Waals surface area contributed by atoms with Crippen LogP contribution in [0.4, 0.5) is 13.2 Å². The molecule has 2 N–H and O–H groups in total. The lowest BCUT2D eigenvalue weighted by atomic mass is 9.91. The van der Waals surface area contributed by atoms with E-state index in [2.05, 4.69) is 29.5 Å². The Kier molecular flexibility index (Phi) is 7.72. The summed E-state index contributed by atoms with van der Waals surface area (Å²) in [6.45, 7) is 5.57. The van der Waals surface area contributed by atoms with Gasteiger partial charge in [-0.1, -0.05) is 19.9 Å². The van der Waals surface area contributed by atoms with Crippen LogP contribution in [-0.2, 0) is 10.2 Å². The standard InChI is InChI=1S/C16H25F3N4OS/c1-5-20-14(21-9-13(24)23(4)11-16(17,18)19)22-10-15(2,3)12-7-6-8-25-12/h6-8H,5,9-11H2,1-4H3,(H2,20,21,22). The van der Waals surface area contributed by atoms with Crippen LogP contribution in [0.2, 0.25) is 0 Å². The zero-order chi connectivity index (χ0) is 19.1. The second-order valence-corrected chi connectivity index (χ2v) is 7.22. The Bertz CT molecular complexity index is 570. The van der Waals surface area contributed by atoms with E-state index in [1.807, 2.05) is 24.4 Å². The van der Waals surface area contributed by atoms with Crippen LogP contribution in [0.5, 0.6) is 0 Å². The first kappa shape index (κ1) is 21.3. The van der Waals surface area contributed by atoms with E-state index in [0.717, 1.165) is 7.05 Å². The molecule has 0 radical (unpaired) electrons. The maximum absolute atomic E-state index is 12.3. The van der Waals surface area contributed by atoms with E-state index in [4.69, 9.17) is 0 Å². The van der Waals surface area contributed by atoms with Gasteiger partial charge in [0.1, 0.15) is 13.1 Å². The van der Waals surface area contributed by atoms with E-state index < -0.39 is 18.6 Å². The van der Waals surface area contributed by atoms with Gasteiger partial charge in [0.15, 0.2) is 5.96 Å². The number of rotatable bonds is 7. The molecular formula is C16H25F3N4OS. The summed E-state index contributed by atoms with van der Waals surface area (Å²) in [5, 5.41) is 8.14. The fourth-order valence-corrected chi connectivity index (χ4v) is 2.87. The van der Waals surface area contributed by atoms with Crippen molar-refractivity contribution >= 4 is 23.2 Å². The summed E-state index contributed by atoms with van der Waals surface area (Å²) in [5.74, 6) is -0.284. The minimum atomic E-state index is -4.42. The van der Waals surface area contributed by atoms with Crippen molar-refractivity contribution in [3.8, 4) is 0 Å². The zero-order valence-electron chi connectivity index (χ0n) is 14.9. The Labute approximate surface area is 150 Å². The molecule has 0 unspecified atom stereocenters. The predicted molar refractivity (Wildman–Crippen MR) is 95.0 cm³/mol. The maximum atomic E-state index is 12.3. The number of thiophene rings is 1. The lowest BCUT2D eigenvalue weighted by Crippen LogP contribution is -2.44. The van der Waals surface area contributed by atoms with Gasteiger partial charge in [-0.2, -0.15) is 13.2 Å². The van der Waals surface area contributed by atoms with E-state index in [-0.39, 0.29) is 12.0 Å². The Hall–Kier alpha value is -1.77. The van der Waals surface area contributed by atoms with E-state index in [0.29, 0.717) is 23.9 Å². The molecule has 0 aliphatic heterocycles. The van der Waals surface area contributed by atoms with Crippen LogP contribution in [-0.4, -0.2) is 56.2 Å². The van der Waals surface area contributed by atoms with Crippen molar-refractivity contribution in [2.45, 2.75) is 32.4 Å². The smallest absolute Gasteiger partial charge is 0.357 e. The number of carbonyl (C=O) groups is 1. The van der Waals surface area contributed by atoms with Gasteiger partial charge >= 0.3 is 6.18 Å². The second kappa shape index (κ2) is 9.07. The quantitative estimate of drug-likeness (QED) is 0.566. The second-order valence-electron chi connectivity index (χ2n) is 6.27. The van der Waals surface area contributed by atoms with Crippen LogP contribution in [0.3, 0.4) is 0 Å². The van der Waals surface area contributed by atoms with Crippen molar-refractivity contribution in [3.63, 3.8) is 0 Å². The molecule has 0 fully saturated rings. The number of nitrogens with one attached hydrogen (secondary N) is 2. The molecule has 0 saturated heterocycles. The van der Waals surface area contributed by atoms with Gasteiger partial charge in [0.25, 0.3) is 0 Å². The van der Waals surface area contributed by atoms with Gasteiger partial charge in [0, 0.05) is 30.4 Å². The van der Waals surface area contributed by atoms with Gasteiger partial charge in [-0.15, -0.1) is 11.3 Å². The molecule has 0 aliphatic carbocycles. The summed E-state index contributed by atoms with van der Waals surface area (Å²) in [5.41, 5.74) is -0.137. The fourth-order valence-electron chi connectivity index (χ4n) is 2.02. The molecule has 9 heteroatoms. The number of hydrogen-bond donors (Lipinski definition) is 2. The molecule has 0 atom stereocenters. The number of carbonyl (C=O) groups excluding carboxylic acids is 1. The Morgan fingerprint density at radius 3 is 2.52 bits per heavy atom. The molecule has 0 aliphatic rings. The molecule has 0 saturated carbocycles. The highest BCUT2D eigenvalue weighted by molar-refractivity contribution is 7.10. The highest BCUT2D eigenvalue weighted by atomic mass is 32.1. The maximum Gasteiger partial charge on any atom is 0.406 e. The molecule has 1 amide bonds. The number of hydrogen-bond acceptors (Lipinski definition) is 3. The third-order valence-corrected chi connectivity index (χ3v) is 4.68. The monoisotopic (exact) mass is 378 g/mol. The van der Waals surface area contributed by atoms with Gasteiger partial charge in [-0.3, -0.25) is 4.79 Å². The summed E-state index contributed by atoms with van der Waals surface area (Å²) >= 11 is 1.65. The molecule has 0 aromatic carbocycles. The first-order valence-corrected chi connectivity index (χ1v) is 8.80. The average molecular weight is 378 g/mol. The van der Waals surface area contributed by atoms with Crippen molar-refractivity contribution < 1.29 is 18.0 Å². The number of halogens is 3. The van der Waals surface area contributed by atoms with E-state index in [1.165, 1.54) is 4.88 Å². The summed E-state index contributed by atoms with van der Waals surface area (Å²) in [6.07, 6.45) is -4.42. The van der Waals surface area contributed by atoms with Crippen LogP contribution in [0, 0.1) is 0 Å². The first-order chi connectivity index (χ1) is 11.5. The molecule has 0 spiro atoms. The Morgan fingerprint density at radius 2 is 2.00 bits per heavy atom. The summed E-state index contributed by atoms with van der Waals surface area (Å²) in [7, 11) is 1.12. The van der Waals surface area contributed by atoms with Crippen molar-refractivity contribution in [2.75, 3.05) is 33.2 Å². The molecular weight excluding hydrogens is 353 g/mol. The van der Waals surface area contributed by atoms with Crippen molar-refractivity contribution in [1.29, 1.82) is 0 Å². The van der Waals surface area contributed by atoms with Gasteiger partial charge in [0.05, 0.1) is 0 Å². The molecule has 1 aromatic heterocycles. The average Bonchev–Trinajstić information content (AvgIpc) is 3.03. The number of guanidine groups is 1. The highest BCUT2D eigenvalue weighted by Crippen LogP contribution is 2.26. The molecule has 1 heterocycles. The molecule has 0 bridgehead atoms. The molecule has 142 valence electrons. The van der Waals surface area contributed by atoms with E-state index in [9.17, 15) is 18.0 Å². The van der Waals surface area contributed by atoms with Crippen molar-refractivity contribution in [2.24, 2.45) is 4.99 Å². The Morgan fingerprint density at radius 1 is 1.32 bits per heavy atom. The largest absolute Gasteiger partial charge is 0.406 e. The summed E-state index contributed by atoms with van der Waals surface area (Å²) in [4.78, 5) is 17.7. The van der Waals surface area contributed by atoms with Gasteiger partial charge in [-0.05, 0) is 18.4 Å². The van der Waals surface area contributed by atoms with E-state index in [1.54, 1.807) is 11.3 Å². The summed E-state index contributed by atoms with van der Waals surface area (Å²) in [6, 6.07) is 4.03. The van der Waals surface area contributed by atoms with Gasteiger partial charge in [-0.25, -0.2) is 4.99 Å². The van der Waals surface area contributed by atoms with Gasteiger partial charge < -0.3 is 15.5 Å². The third-order valence-electron chi connectivity index (χ3n) is 3.44.